The van der Waals surface area contributed by atoms with Crippen molar-refractivity contribution in [2.24, 2.45) is 0 Å². The van der Waals surface area contributed by atoms with Crippen LogP contribution in [0.5, 0.6) is 0 Å². The van der Waals surface area contributed by atoms with Crippen molar-refractivity contribution in [3.8, 4) is 5.82 Å². The molecule has 0 unspecified atom stereocenters. The minimum absolute atomic E-state index is 0.214. The van der Waals surface area contributed by atoms with E-state index in [1.54, 1.807) is 16.9 Å². The van der Waals surface area contributed by atoms with Gasteiger partial charge in [-0.1, -0.05) is 0 Å². The van der Waals surface area contributed by atoms with Gasteiger partial charge in [-0.3, -0.25) is 4.79 Å². The number of esters is 1. The van der Waals surface area contributed by atoms with E-state index < -0.39 is 0 Å². The molecule has 0 amide bonds. The SMILES string of the molecule is COC(=O)CCc1c(C)nn(-c2ccncn2)c1C. The molecule has 100 valence electrons. The lowest BCUT2D eigenvalue weighted by atomic mass is 10.1. The number of hydrogen-bond acceptors (Lipinski definition) is 5. The highest BCUT2D eigenvalue weighted by Crippen LogP contribution is 2.18. The van der Waals surface area contributed by atoms with Crippen molar-refractivity contribution in [3.05, 3.63) is 35.5 Å². The second kappa shape index (κ2) is 5.60. The van der Waals surface area contributed by atoms with Crippen molar-refractivity contribution in [1.82, 2.24) is 19.7 Å². The van der Waals surface area contributed by atoms with Gasteiger partial charge in [-0.15, -0.1) is 0 Å². The molecule has 0 saturated heterocycles. The molecule has 2 aromatic heterocycles. The molecule has 0 aliphatic heterocycles. The fraction of sp³-hybridized carbons (Fsp3) is 0.385. The molecule has 0 aliphatic carbocycles. The maximum Gasteiger partial charge on any atom is 0.305 e. The van der Waals surface area contributed by atoms with Crippen LogP contribution in [0.25, 0.3) is 5.82 Å². The van der Waals surface area contributed by atoms with Gasteiger partial charge >= 0.3 is 5.97 Å². The molecule has 6 nitrogen and oxygen atoms in total. The van der Waals surface area contributed by atoms with Crippen molar-refractivity contribution >= 4 is 5.97 Å². The van der Waals surface area contributed by atoms with E-state index in [-0.39, 0.29) is 5.97 Å². The Morgan fingerprint density at radius 2 is 2.21 bits per heavy atom. The molecule has 2 rings (SSSR count). The van der Waals surface area contributed by atoms with E-state index in [9.17, 15) is 4.79 Å². The van der Waals surface area contributed by atoms with Gasteiger partial charge < -0.3 is 4.74 Å². The average molecular weight is 260 g/mol. The number of aromatic nitrogens is 4. The van der Waals surface area contributed by atoms with E-state index in [4.69, 9.17) is 0 Å². The first-order valence-corrected chi connectivity index (χ1v) is 6.01. The van der Waals surface area contributed by atoms with Gasteiger partial charge in [0.2, 0.25) is 0 Å². The lowest BCUT2D eigenvalue weighted by Crippen LogP contribution is -2.04. The van der Waals surface area contributed by atoms with Crippen LogP contribution in [0, 0.1) is 13.8 Å². The van der Waals surface area contributed by atoms with Gasteiger partial charge in [0.05, 0.1) is 12.8 Å². The lowest BCUT2D eigenvalue weighted by molar-refractivity contribution is -0.140. The third-order valence-corrected chi connectivity index (χ3v) is 3.03. The molecule has 0 bridgehead atoms. The van der Waals surface area contributed by atoms with Gasteiger partial charge in [0, 0.05) is 24.4 Å². The molecule has 0 aromatic carbocycles. The molecule has 0 atom stereocenters. The first-order chi connectivity index (χ1) is 9.13. The number of hydrogen-bond donors (Lipinski definition) is 0. The molecular formula is C13H16N4O2. The van der Waals surface area contributed by atoms with Crippen molar-refractivity contribution in [1.29, 1.82) is 0 Å². The maximum absolute atomic E-state index is 11.2. The van der Waals surface area contributed by atoms with E-state index in [2.05, 4.69) is 19.8 Å². The standard InChI is InChI=1S/C13H16N4O2/c1-9-11(4-5-13(18)19-3)10(2)17(16-9)12-6-7-14-8-15-12/h6-8H,4-5H2,1-3H3. The number of ether oxygens (including phenoxy) is 1. The third-order valence-electron chi connectivity index (χ3n) is 3.03. The van der Waals surface area contributed by atoms with Crippen LogP contribution in [0.3, 0.4) is 0 Å². The second-order valence-electron chi connectivity index (χ2n) is 4.20. The highest BCUT2D eigenvalue weighted by Gasteiger charge is 2.14. The third kappa shape index (κ3) is 2.78. The number of carbonyl (C=O) groups is 1. The predicted molar refractivity (Wildman–Crippen MR) is 69.0 cm³/mol. The maximum atomic E-state index is 11.2. The van der Waals surface area contributed by atoms with Crippen LogP contribution in [0.1, 0.15) is 23.4 Å². The molecular weight excluding hydrogens is 244 g/mol. The Balaban J connectivity index is 2.27. The van der Waals surface area contributed by atoms with Crippen molar-refractivity contribution in [2.75, 3.05) is 7.11 Å². The molecule has 2 heterocycles. The van der Waals surface area contributed by atoms with Crippen LogP contribution in [-0.2, 0) is 16.0 Å². The average Bonchev–Trinajstić information content (AvgIpc) is 2.72. The number of nitrogens with zero attached hydrogens (tertiary/aromatic N) is 4. The Bertz CT molecular complexity index is 578. The van der Waals surface area contributed by atoms with E-state index in [1.807, 2.05) is 13.8 Å². The molecule has 0 radical (unpaired) electrons. The monoisotopic (exact) mass is 260 g/mol. The minimum Gasteiger partial charge on any atom is -0.469 e. The van der Waals surface area contributed by atoms with E-state index in [0.717, 1.165) is 22.8 Å². The molecule has 19 heavy (non-hydrogen) atoms. The lowest BCUT2D eigenvalue weighted by Gasteiger charge is -2.03. The first-order valence-electron chi connectivity index (χ1n) is 6.01. The zero-order chi connectivity index (χ0) is 13.8. The Labute approximate surface area is 111 Å². The summed E-state index contributed by atoms with van der Waals surface area (Å²) < 4.78 is 6.42. The highest BCUT2D eigenvalue weighted by molar-refractivity contribution is 5.69. The summed E-state index contributed by atoms with van der Waals surface area (Å²) in [4.78, 5) is 19.3. The molecule has 0 N–H and O–H groups in total. The number of aryl methyl sites for hydroxylation is 1. The number of rotatable bonds is 4. The minimum atomic E-state index is -0.214. The van der Waals surface area contributed by atoms with Gasteiger partial charge in [-0.25, -0.2) is 14.6 Å². The Kier molecular flexibility index (Phi) is 3.89. The van der Waals surface area contributed by atoms with Crippen molar-refractivity contribution in [3.63, 3.8) is 0 Å². The summed E-state index contributed by atoms with van der Waals surface area (Å²) in [5.74, 6) is 0.508. The summed E-state index contributed by atoms with van der Waals surface area (Å²) in [7, 11) is 1.40. The second-order valence-corrected chi connectivity index (χ2v) is 4.20. The first kappa shape index (κ1) is 13.2. The van der Waals surface area contributed by atoms with Crippen LogP contribution in [0.2, 0.25) is 0 Å². The van der Waals surface area contributed by atoms with Crippen LogP contribution in [-0.4, -0.2) is 32.8 Å². The molecule has 2 aromatic rings. The van der Waals surface area contributed by atoms with Gasteiger partial charge in [0.15, 0.2) is 5.82 Å². The number of carbonyl (C=O) groups excluding carboxylic acids is 1. The summed E-state index contributed by atoms with van der Waals surface area (Å²) in [5.41, 5.74) is 2.95. The largest absolute Gasteiger partial charge is 0.469 e. The van der Waals surface area contributed by atoms with Crippen molar-refractivity contribution < 1.29 is 9.53 Å². The Morgan fingerprint density at radius 1 is 1.42 bits per heavy atom. The summed E-state index contributed by atoms with van der Waals surface area (Å²) in [6.07, 6.45) is 4.13. The molecule has 0 aliphatic rings. The number of methoxy groups -OCH3 is 1. The Morgan fingerprint density at radius 3 is 2.84 bits per heavy atom. The zero-order valence-electron chi connectivity index (χ0n) is 11.3. The van der Waals surface area contributed by atoms with Crippen molar-refractivity contribution in [2.45, 2.75) is 26.7 Å². The predicted octanol–water partition coefficient (Wildman–Crippen LogP) is 1.38. The van der Waals surface area contributed by atoms with Gasteiger partial charge in [0.1, 0.15) is 6.33 Å². The summed E-state index contributed by atoms with van der Waals surface area (Å²) >= 11 is 0. The van der Waals surface area contributed by atoms with Crippen LogP contribution in [0.15, 0.2) is 18.6 Å². The van der Waals surface area contributed by atoms with Crippen LogP contribution < -0.4 is 0 Å². The fourth-order valence-corrected chi connectivity index (χ4v) is 2.00. The molecule has 0 spiro atoms. The Hall–Kier alpha value is -2.24. The highest BCUT2D eigenvalue weighted by atomic mass is 16.5. The normalized spacial score (nSPS) is 10.5. The smallest absolute Gasteiger partial charge is 0.305 e. The van der Waals surface area contributed by atoms with Gasteiger partial charge in [0.25, 0.3) is 0 Å². The molecule has 6 heteroatoms. The molecule has 0 saturated carbocycles. The summed E-state index contributed by atoms with van der Waals surface area (Å²) in [5, 5.41) is 4.46. The van der Waals surface area contributed by atoms with Crippen LogP contribution in [0.4, 0.5) is 0 Å². The van der Waals surface area contributed by atoms with E-state index in [0.29, 0.717) is 12.8 Å². The van der Waals surface area contributed by atoms with Crippen LogP contribution >= 0.6 is 0 Å². The van der Waals surface area contributed by atoms with Gasteiger partial charge in [-0.05, 0) is 25.8 Å². The van der Waals surface area contributed by atoms with E-state index in [1.165, 1.54) is 13.4 Å². The summed E-state index contributed by atoms with van der Waals surface area (Å²) in [6.45, 7) is 3.89. The quantitative estimate of drug-likeness (QED) is 0.777. The topological polar surface area (TPSA) is 69.9 Å². The van der Waals surface area contributed by atoms with E-state index >= 15 is 0 Å². The fourth-order valence-electron chi connectivity index (χ4n) is 2.00. The van der Waals surface area contributed by atoms with Gasteiger partial charge in [-0.2, -0.15) is 5.10 Å². The summed E-state index contributed by atoms with van der Waals surface area (Å²) in [6, 6.07) is 1.80. The zero-order valence-corrected chi connectivity index (χ0v) is 11.3. The molecule has 0 fully saturated rings.